The molecule has 1 saturated heterocycles. The van der Waals surface area contributed by atoms with Gasteiger partial charge in [-0.15, -0.1) is 0 Å². The average Bonchev–Trinajstić information content (AvgIpc) is 2.68. The summed E-state index contributed by atoms with van der Waals surface area (Å²) in [6.45, 7) is 7.76. The maximum Gasteiger partial charge on any atom is 0.409 e. The smallest absolute Gasteiger partial charge is 0.409 e. The highest BCUT2D eigenvalue weighted by Gasteiger charge is 2.25. The third kappa shape index (κ3) is 6.71. The van der Waals surface area contributed by atoms with Crippen LogP contribution in [0.4, 0.5) is 10.5 Å². The second-order valence-corrected chi connectivity index (χ2v) is 7.55. The summed E-state index contributed by atoms with van der Waals surface area (Å²) in [6.07, 6.45) is 1.30. The summed E-state index contributed by atoms with van der Waals surface area (Å²) in [5, 5.41) is 3.14. The van der Waals surface area contributed by atoms with E-state index in [2.05, 4.69) is 41.4 Å². The Labute approximate surface area is 168 Å². The molecule has 1 aliphatic heterocycles. The lowest BCUT2D eigenvalue weighted by Crippen LogP contribution is -3.11. The minimum absolute atomic E-state index is 0.0800. The largest absolute Gasteiger partial charge is 0.450 e. The fraction of sp³-hybridized carbons (Fsp3) is 0.619. The molecular formula is C21H35N4O3+. The number of carbonyl (C=O) groups excluding carboxylic acids is 2. The van der Waals surface area contributed by atoms with Crippen LogP contribution in [0.5, 0.6) is 0 Å². The first-order valence-electron chi connectivity index (χ1n) is 10.2. The molecule has 2 amide bonds. The molecule has 7 nitrogen and oxygen atoms in total. The molecule has 1 aliphatic rings. The van der Waals surface area contributed by atoms with Crippen molar-refractivity contribution in [2.75, 3.05) is 51.8 Å². The van der Waals surface area contributed by atoms with E-state index >= 15 is 0 Å². The number of nitrogens with zero attached hydrogens (tertiary/aromatic N) is 2. The molecule has 7 heteroatoms. The molecule has 1 heterocycles. The highest BCUT2D eigenvalue weighted by Crippen LogP contribution is 2.12. The minimum atomic E-state index is -0.255. The Balaban J connectivity index is 1.77. The number of quaternary nitrogens is 1. The second-order valence-electron chi connectivity index (χ2n) is 7.55. The van der Waals surface area contributed by atoms with Crippen molar-refractivity contribution in [3.05, 3.63) is 29.8 Å². The maximum absolute atomic E-state index is 12.5. The van der Waals surface area contributed by atoms with Crippen LogP contribution in [0, 0.1) is 0 Å². The summed E-state index contributed by atoms with van der Waals surface area (Å²) in [4.78, 5) is 29.3. The Morgan fingerprint density at radius 3 is 2.36 bits per heavy atom. The number of amides is 2. The predicted octanol–water partition coefficient (Wildman–Crippen LogP) is 0.895. The number of nitrogens with one attached hydrogen (secondary N) is 2. The van der Waals surface area contributed by atoms with Crippen LogP contribution in [-0.2, 0) is 16.1 Å². The lowest BCUT2D eigenvalue weighted by atomic mass is 10.1. The molecule has 0 bridgehead atoms. The van der Waals surface area contributed by atoms with Gasteiger partial charge in [0.1, 0.15) is 6.54 Å². The molecule has 0 saturated carbocycles. The number of carbonyl (C=O) groups is 2. The zero-order valence-electron chi connectivity index (χ0n) is 17.7. The molecule has 1 fully saturated rings. The summed E-state index contributed by atoms with van der Waals surface area (Å²) >= 11 is 0. The third-order valence-corrected chi connectivity index (χ3v) is 5.20. The van der Waals surface area contributed by atoms with Gasteiger partial charge in [-0.05, 0) is 38.8 Å². The molecule has 0 spiro atoms. The van der Waals surface area contributed by atoms with E-state index < -0.39 is 0 Å². The van der Waals surface area contributed by atoms with E-state index in [1.165, 1.54) is 16.2 Å². The van der Waals surface area contributed by atoms with Crippen LogP contribution in [-0.4, -0.2) is 69.8 Å². The van der Waals surface area contributed by atoms with Crippen LogP contribution in [0.2, 0.25) is 0 Å². The highest BCUT2D eigenvalue weighted by atomic mass is 16.6. The quantitative estimate of drug-likeness (QED) is 0.691. The van der Waals surface area contributed by atoms with Crippen molar-refractivity contribution in [1.82, 2.24) is 10.2 Å². The SMILES string of the molecule is CCOC(=O)N1CCC(NC(=O)C[NH+](CC)Cc2ccc(N(C)C)cc2)CC1. The molecule has 1 aromatic rings. The number of likely N-dealkylation sites (tertiary alicyclic amines) is 1. The fourth-order valence-corrected chi connectivity index (χ4v) is 3.44. The van der Waals surface area contributed by atoms with Gasteiger partial charge in [0.2, 0.25) is 0 Å². The Morgan fingerprint density at radius 2 is 1.82 bits per heavy atom. The zero-order valence-corrected chi connectivity index (χ0v) is 17.7. The molecule has 156 valence electrons. The first kappa shape index (κ1) is 22.0. The van der Waals surface area contributed by atoms with Gasteiger partial charge in [0.05, 0.1) is 13.2 Å². The van der Waals surface area contributed by atoms with Gasteiger partial charge < -0.3 is 24.8 Å². The van der Waals surface area contributed by atoms with E-state index in [4.69, 9.17) is 4.74 Å². The summed E-state index contributed by atoms with van der Waals surface area (Å²) in [5.41, 5.74) is 2.41. The van der Waals surface area contributed by atoms with E-state index in [9.17, 15) is 9.59 Å². The number of rotatable bonds is 8. The Morgan fingerprint density at radius 1 is 1.18 bits per heavy atom. The summed E-state index contributed by atoms with van der Waals surface area (Å²) < 4.78 is 5.04. The minimum Gasteiger partial charge on any atom is -0.450 e. The molecular weight excluding hydrogens is 356 g/mol. The van der Waals surface area contributed by atoms with Crippen LogP contribution >= 0.6 is 0 Å². The molecule has 0 radical (unpaired) electrons. The zero-order chi connectivity index (χ0) is 20.5. The average molecular weight is 392 g/mol. The summed E-state index contributed by atoms with van der Waals surface area (Å²) in [5.74, 6) is 0.0800. The van der Waals surface area contributed by atoms with Gasteiger partial charge >= 0.3 is 6.09 Å². The number of hydrogen-bond donors (Lipinski definition) is 2. The van der Waals surface area contributed by atoms with E-state index in [1.807, 2.05) is 21.0 Å². The molecule has 1 atom stereocenters. The van der Waals surface area contributed by atoms with Crippen LogP contribution < -0.4 is 15.1 Å². The van der Waals surface area contributed by atoms with Gasteiger partial charge in [-0.1, -0.05) is 12.1 Å². The number of anilines is 1. The van der Waals surface area contributed by atoms with Gasteiger partial charge in [0.15, 0.2) is 6.54 Å². The first-order valence-corrected chi connectivity index (χ1v) is 10.2. The Kier molecular flexibility index (Phi) is 8.57. The lowest BCUT2D eigenvalue weighted by Gasteiger charge is -2.31. The molecule has 2 rings (SSSR count). The van der Waals surface area contributed by atoms with Crippen molar-refractivity contribution in [1.29, 1.82) is 0 Å². The predicted molar refractivity (Wildman–Crippen MR) is 111 cm³/mol. The van der Waals surface area contributed by atoms with Crippen molar-refractivity contribution in [3.8, 4) is 0 Å². The highest BCUT2D eigenvalue weighted by molar-refractivity contribution is 5.77. The maximum atomic E-state index is 12.5. The number of piperidine rings is 1. The second kappa shape index (κ2) is 10.9. The molecule has 1 aromatic carbocycles. The summed E-state index contributed by atoms with van der Waals surface area (Å²) in [7, 11) is 4.06. The summed E-state index contributed by atoms with van der Waals surface area (Å²) in [6, 6.07) is 8.62. The van der Waals surface area contributed by atoms with Crippen LogP contribution in [0.15, 0.2) is 24.3 Å². The van der Waals surface area contributed by atoms with Crippen molar-refractivity contribution >= 4 is 17.7 Å². The number of likely N-dealkylation sites (N-methyl/N-ethyl adjacent to an activating group) is 1. The molecule has 1 unspecified atom stereocenters. The van der Waals surface area contributed by atoms with Crippen molar-refractivity contribution in [2.24, 2.45) is 0 Å². The molecule has 0 aliphatic carbocycles. The van der Waals surface area contributed by atoms with Gasteiger partial charge in [-0.3, -0.25) is 4.79 Å². The molecule has 2 N–H and O–H groups in total. The van der Waals surface area contributed by atoms with Crippen LogP contribution in [0.3, 0.4) is 0 Å². The molecule has 0 aromatic heterocycles. The van der Waals surface area contributed by atoms with Crippen LogP contribution in [0.25, 0.3) is 0 Å². The Hall–Kier alpha value is -2.28. The molecule has 28 heavy (non-hydrogen) atoms. The van der Waals surface area contributed by atoms with E-state index in [-0.39, 0.29) is 18.0 Å². The van der Waals surface area contributed by atoms with Gasteiger partial charge in [0.25, 0.3) is 5.91 Å². The van der Waals surface area contributed by atoms with Gasteiger partial charge in [-0.2, -0.15) is 0 Å². The first-order chi connectivity index (χ1) is 13.4. The van der Waals surface area contributed by atoms with Crippen LogP contribution in [0.1, 0.15) is 32.3 Å². The van der Waals surface area contributed by atoms with Crippen molar-refractivity contribution in [2.45, 2.75) is 39.3 Å². The van der Waals surface area contributed by atoms with E-state index in [0.717, 1.165) is 25.9 Å². The third-order valence-electron chi connectivity index (χ3n) is 5.20. The normalized spacial score (nSPS) is 15.8. The monoisotopic (exact) mass is 391 g/mol. The topological polar surface area (TPSA) is 66.3 Å². The van der Waals surface area contributed by atoms with Crippen molar-refractivity contribution < 1.29 is 19.2 Å². The number of benzene rings is 1. The van der Waals surface area contributed by atoms with Gasteiger partial charge in [0, 0.05) is 44.5 Å². The van der Waals surface area contributed by atoms with E-state index in [1.54, 1.807) is 4.90 Å². The number of ether oxygens (including phenoxy) is 1. The van der Waals surface area contributed by atoms with Crippen molar-refractivity contribution in [3.63, 3.8) is 0 Å². The van der Waals surface area contributed by atoms with Gasteiger partial charge in [-0.25, -0.2) is 4.79 Å². The Bertz CT molecular complexity index is 625. The van der Waals surface area contributed by atoms with E-state index in [0.29, 0.717) is 26.2 Å². The standard InChI is InChI=1S/C21H34N4O3/c1-5-24(15-17-7-9-19(10-8-17)23(3)4)16-20(26)22-18-11-13-25(14-12-18)21(27)28-6-2/h7-10,18H,5-6,11-16H2,1-4H3,(H,22,26)/p+1. The number of hydrogen-bond acceptors (Lipinski definition) is 4. The lowest BCUT2D eigenvalue weighted by molar-refractivity contribution is -0.904. The fourth-order valence-electron chi connectivity index (χ4n) is 3.44.